The number of pyridine rings is 1. The minimum Gasteiger partial charge on any atom is -0.373 e. The van der Waals surface area contributed by atoms with Crippen LogP contribution in [0.1, 0.15) is 28.8 Å². The molecule has 2 saturated heterocycles. The highest BCUT2D eigenvalue weighted by molar-refractivity contribution is 5.94. The third-order valence-corrected chi connectivity index (χ3v) is 4.80. The lowest BCUT2D eigenvalue weighted by molar-refractivity contribution is -0.0809. The summed E-state index contributed by atoms with van der Waals surface area (Å²) >= 11 is 0. The van der Waals surface area contributed by atoms with Gasteiger partial charge in [0.15, 0.2) is 0 Å². The number of hydrogen-bond acceptors (Lipinski definition) is 4. The average Bonchev–Trinajstić information content (AvgIpc) is 3.29. The van der Waals surface area contributed by atoms with E-state index in [1.165, 1.54) is 0 Å². The molecule has 1 amide bonds. The molecular weight excluding hydrogens is 306 g/mol. The van der Waals surface area contributed by atoms with Gasteiger partial charge in [-0.25, -0.2) is 0 Å². The lowest BCUT2D eigenvalue weighted by Gasteiger charge is -2.32. The number of likely N-dealkylation sites (tertiary alicyclic amines) is 1. The van der Waals surface area contributed by atoms with Crippen LogP contribution in [0.5, 0.6) is 0 Å². The zero-order chi connectivity index (χ0) is 16.4. The second kappa shape index (κ2) is 6.75. The highest BCUT2D eigenvalue weighted by atomic mass is 16.5. The molecule has 0 unspecified atom stereocenters. The molecule has 3 atom stereocenters. The first-order valence-electron chi connectivity index (χ1n) is 8.39. The van der Waals surface area contributed by atoms with Gasteiger partial charge in [-0.1, -0.05) is 0 Å². The standard InChI is InChI=1S/C18H21N3O3/c22-18(14-5-8-20-10-14)21-11-16(17-15(21)2-1-9-23-17)24-12-13-3-6-19-7-4-13/h3-8,10,15-17,20H,1-2,9,11-12H2/t15-,16+,17+/m1/s1. The van der Waals surface area contributed by atoms with Gasteiger partial charge in [0.05, 0.1) is 24.8 Å². The molecule has 126 valence electrons. The Morgan fingerprint density at radius 3 is 3.04 bits per heavy atom. The second-order valence-electron chi connectivity index (χ2n) is 6.31. The maximum atomic E-state index is 12.8. The number of hydrogen-bond donors (Lipinski definition) is 1. The van der Waals surface area contributed by atoms with E-state index in [0.717, 1.165) is 25.0 Å². The van der Waals surface area contributed by atoms with E-state index in [9.17, 15) is 4.79 Å². The molecule has 1 N–H and O–H groups in total. The van der Waals surface area contributed by atoms with Gasteiger partial charge in [0.2, 0.25) is 0 Å². The first-order valence-corrected chi connectivity index (χ1v) is 8.39. The molecule has 4 rings (SSSR count). The summed E-state index contributed by atoms with van der Waals surface area (Å²) in [5, 5.41) is 0. The van der Waals surface area contributed by atoms with Gasteiger partial charge in [-0.3, -0.25) is 9.78 Å². The first kappa shape index (κ1) is 15.4. The Kier molecular flexibility index (Phi) is 4.32. The van der Waals surface area contributed by atoms with Crippen molar-refractivity contribution < 1.29 is 14.3 Å². The van der Waals surface area contributed by atoms with E-state index in [4.69, 9.17) is 9.47 Å². The summed E-state index contributed by atoms with van der Waals surface area (Å²) in [4.78, 5) is 21.7. The average molecular weight is 327 g/mol. The number of aromatic amines is 1. The lowest BCUT2D eigenvalue weighted by Crippen LogP contribution is -2.43. The number of aromatic nitrogens is 2. The summed E-state index contributed by atoms with van der Waals surface area (Å²) < 4.78 is 12.1. The highest BCUT2D eigenvalue weighted by Crippen LogP contribution is 2.32. The number of carbonyl (C=O) groups is 1. The minimum absolute atomic E-state index is 0.0384. The Balaban J connectivity index is 1.48. The topological polar surface area (TPSA) is 67.5 Å². The first-order chi connectivity index (χ1) is 11.8. The Morgan fingerprint density at radius 1 is 1.38 bits per heavy atom. The van der Waals surface area contributed by atoms with Gasteiger partial charge in [-0.2, -0.15) is 0 Å². The van der Waals surface area contributed by atoms with E-state index in [-0.39, 0.29) is 24.2 Å². The van der Waals surface area contributed by atoms with Crippen LogP contribution < -0.4 is 0 Å². The number of fused-ring (bicyclic) bond motifs is 1. The third-order valence-electron chi connectivity index (χ3n) is 4.80. The van der Waals surface area contributed by atoms with E-state index in [1.54, 1.807) is 24.8 Å². The molecule has 0 radical (unpaired) electrons. The largest absolute Gasteiger partial charge is 0.373 e. The molecular formula is C18H21N3O3. The van der Waals surface area contributed by atoms with E-state index < -0.39 is 0 Å². The van der Waals surface area contributed by atoms with Crippen LogP contribution in [0.2, 0.25) is 0 Å². The smallest absolute Gasteiger partial charge is 0.255 e. The van der Waals surface area contributed by atoms with Crippen molar-refractivity contribution in [1.29, 1.82) is 0 Å². The van der Waals surface area contributed by atoms with Crippen molar-refractivity contribution in [2.45, 2.75) is 37.7 Å². The van der Waals surface area contributed by atoms with Crippen LogP contribution in [0, 0.1) is 0 Å². The van der Waals surface area contributed by atoms with Crippen molar-refractivity contribution in [3.63, 3.8) is 0 Å². The second-order valence-corrected chi connectivity index (χ2v) is 6.31. The van der Waals surface area contributed by atoms with Gasteiger partial charge >= 0.3 is 0 Å². The molecule has 0 aliphatic carbocycles. The molecule has 2 aromatic heterocycles. The van der Waals surface area contributed by atoms with Gasteiger partial charge in [0.1, 0.15) is 12.2 Å². The van der Waals surface area contributed by atoms with Crippen molar-refractivity contribution in [3.8, 4) is 0 Å². The molecule has 6 nitrogen and oxygen atoms in total. The molecule has 0 spiro atoms. The molecule has 6 heteroatoms. The normalized spacial score (nSPS) is 26.3. The quantitative estimate of drug-likeness (QED) is 0.933. The zero-order valence-electron chi connectivity index (χ0n) is 13.4. The molecule has 24 heavy (non-hydrogen) atoms. The molecule has 0 saturated carbocycles. The SMILES string of the molecule is O=C(c1cc[nH]c1)N1C[C@H](OCc2ccncc2)[C@H]2OCCC[C@H]21. The van der Waals surface area contributed by atoms with Gasteiger partial charge in [0.25, 0.3) is 5.91 Å². The number of carbonyl (C=O) groups excluding carboxylic acids is 1. The molecule has 0 bridgehead atoms. The fraction of sp³-hybridized carbons (Fsp3) is 0.444. The van der Waals surface area contributed by atoms with Crippen molar-refractivity contribution in [2.24, 2.45) is 0 Å². The lowest BCUT2D eigenvalue weighted by atomic mass is 10.0. The predicted molar refractivity (Wildman–Crippen MR) is 87.4 cm³/mol. The Bertz CT molecular complexity index is 674. The number of H-pyrrole nitrogens is 1. The van der Waals surface area contributed by atoms with Crippen LogP contribution >= 0.6 is 0 Å². The van der Waals surface area contributed by atoms with E-state index >= 15 is 0 Å². The third kappa shape index (κ3) is 2.95. The maximum Gasteiger partial charge on any atom is 0.255 e. The van der Waals surface area contributed by atoms with Crippen molar-refractivity contribution in [3.05, 3.63) is 54.1 Å². The Hall–Kier alpha value is -2.18. The number of rotatable bonds is 4. The minimum atomic E-state index is -0.0913. The molecule has 4 heterocycles. The molecule has 2 aliphatic rings. The number of amides is 1. The van der Waals surface area contributed by atoms with Crippen molar-refractivity contribution in [2.75, 3.05) is 13.2 Å². The summed E-state index contributed by atoms with van der Waals surface area (Å²) in [5.74, 6) is 0.0479. The van der Waals surface area contributed by atoms with Gasteiger partial charge in [0, 0.05) is 31.4 Å². The van der Waals surface area contributed by atoms with Crippen LogP contribution in [-0.2, 0) is 16.1 Å². The Morgan fingerprint density at radius 2 is 2.25 bits per heavy atom. The number of nitrogens with zero attached hydrogens (tertiary/aromatic N) is 2. The molecule has 2 aliphatic heterocycles. The van der Waals surface area contributed by atoms with Crippen molar-refractivity contribution in [1.82, 2.24) is 14.9 Å². The Labute approximate surface area is 140 Å². The maximum absolute atomic E-state index is 12.8. The zero-order valence-corrected chi connectivity index (χ0v) is 13.4. The number of nitrogens with one attached hydrogen (secondary N) is 1. The summed E-state index contributed by atoms with van der Waals surface area (Å²) in [6, 6.07) is 5.79. The monoisotopic (exact) mass is 327 g/mol. The summed E-state index contributed by atoms with van der Waals surface area (Å²) in [6.07, 6.45) is 8.85. The molecule has 2 aromatic rings. The predicted octanol–water partition coefficient (Wildman–Crippen LogP) is 2.00. The summed E-state index contributed by atoms with van der Waals surface area (Å²) in [7, 11) is 0. The molecule has 2 fully saturated rings. The highest BCUT2D eigenvalue weighted by Gasteiger charge is 2.46. The van der Waals surface area contributed by atoms with Gasteiger partial charge in [-0.15, -0.1) is 0 Å². The van der Waals surface area contributed by atoms with Crippen LogP contribution in [-0.4, -0.2) is 52.2 Å². The van der Waals surface area contributed by atoms with Crippen LogP contribution in [0.3, 0.4) is 0 Å². The van der Waals surface area contributed by atoms with Crippen molar-refractivity contribution >= 4 is 5.91 Å². The van der Waals surface area contributed by atoms with Gasteiger partial charge < -0.3 is 19.4 Å². The number of ether oxygens (including phenoxy) is 2. The van der Waals surface area contributed by atoms with E-state index in [1.807, 2.05) is 23.1 Å². The van der Waals surface area contributed by atoms with E-state index in [0.29, 0.717) is 18.7 Å². The van der Waals surface area contributed by atoms with Crippen LogP contribution in [0.25, 0.3) is 0 Å². The van der Waals surface area contributed by atoms with Gasteiger partial charge in [-0.05, 0) is 36.6 Å². The summed E-state index contributed by atoms with van der Waals surface area (Å²) in [6.45, 7) is 1.82. The molecule has 0 aromatic carbocycles. The van der Waals surface area contributed by atoms with Crippen LogP contribution in [0.15, 0.2) is 43.0 Å². The summed E-state index contributed by atoms with van der Waals surface area (Å²) in [5.41, 5.74) is 1.77. The van der Waals surface area contributed by atoms with E-state index in [2.05, 4.69) is 9.97 Å². The fourth-order valence-electron chi connectivity index (χ4n) is 3.59. The fourth-order valence-corrected chi connectivity index (χ4v) is 3.59. The van der Waals surface area contributed by atoms with Crippen LogP contribution in [0.4, 0.5) is 0 Å².